The summed E-state index contributed by atoms with van der Waals surface area (Å²) in [4.78, 5) is 23.2. The average Bonchev–Trinajstić information content (AvgIpc) is 3.08. The third-order valence-corrected chi connectivity index (χ3v) is 3.01. The van der Waals surface area contributed by atoms with Gasteiger partial charge in [0.05, 0.1) is 11.9 Å². The summed E-state index contributed by atoms with van der Waals surface area (Å²) < 4.78 is 11.0. The van der Waals surface area contributed by atoms with Gasteiger partial charge in [0.15, 0.2) is 17.0 Å². The van der Waals surface area contributed by atoms with Crippen molar-refractivity contribution in [3.8, 4) is 0 Å². The smallest absolute Gasteiger partial charge is 0.331 e. The lowest BCUT2D eigenvalue weighted by Gasteiger charge is -2.19. The number of ether oxygens (including phenoxy) is 1. The first-order valence-electron chi connectivity index (χ1n) is 6.39. The highest BCUT2D eigenvalue weighted by Crippen LogP contribution is 2.18. The molecule has 2 N–H and O–H groups in total. The number of carbonyl (C=O) groups is 2. The third kappa shape index (κ3) is 3.14. The number of aliphatic carboxylic acids is 1. The lowest BCUT2D eigenvalue weighted by atomic mass is 10.1. The summed E-state index contributed by atoms with van der Waals surface area (Å²) in [6.45, 7) is 3.22. The van der Waals surface area contributed by atoms with Crippen LogP contribution in [-0.2, 0) is 21.7 Å². The molecule has 9 heteroatoms. The molecule has 2 aromatic rings. The number of carboxylic acid groups (broad SMARTS) is 1. The first-order chi connectivity index (χ1) is 10.3. The van der Waals surface area contributed by atoms with E-state index in [1.165, 1.54) is 44.1 Å². The van der Waals surface area contributed by atoms with Crippen molar-refractivity contribution in [2.45, 2.75) is 26.0 Å². The van der Waals surface area contributed by atoms with E-state index in [9.17, 15) is 9.59 Å². The normalized spacial score (nSPS) is 11.4. The molecule has 9 nitrogen and oxygen atoms in total. The summed E-state index contributed by atoms with van der Waals surface area (Å²) in [5.74, 6) is -1.09. The molecule has 0 bridgehead atoms. The Kier molecular flexibility index (Phi) is 4.27. The topological polar surface area (TPSA) is 119 Å². The van der Waals surface area contributed by atoms with Crippen LogP contribution in [0.2, 0.25) is 0 Å². The first-order valence-corrected chi connectivity index (χ1v) is 6.39. The number of nitrogens with zero attached hydrogens (tertiary/aromatic N) is 3. The fourth-order valence-electron chi connectivity index (χ4n) is 1.62. The maximum absolute atomic E-state index is 12.0. The number of hydrogen-bond donors (Lipinski definition) is 2. The molecule has 0 radical (unpaired) electrons. The zero-order chi connectivity index (χ0) is 16.3. The lowest BCUT2D eigenvalue weighted by Crippen LogP contribution is -2.35. The summed E-state index contributed by atoms with van der Waals surface area (Å²) in [5, 5.41) is 19.3. The van der Waals surface area contributed by atoms with Crippen LogP contribution in [-0.4, -0.2) is 39.0 Å². The van der Waals surface area contributed by atoms with Gasteiger partial charge in [-0.1, -0.05) is 5.16 Å². The van der Waals surface area contributed by atoms with Crippen LogP contribution in [0.5, 0.6) is 0 Å². The van der Waals surface area contributed by atoms with E-state index in [-0.39, 0.29) is 12.3 Å². The van der Waals surface area contributed by atoms with Gasteiger partial charge in [0.2, 0.25) is 0 Å². The predicted molar refractivity (Wildman–Crippen MR) is 74.4 cm³/mol. The number of anilines is 1. The highest BCUT2D eigenvalue weighted by atomic mass is 16.5. The Morgan fingerprint density at radius 2 is 2.23 bits per heavy atom. The molecular weight excluding hydrogens is 292 g/mol. The Bertz CT molecular complexity index is 688. The second kappa shape index (κ2) is 5.98. The molecule has 22 heavy (non-hydrogen) atoms. The van der Waals surface area contributed by atoms with E-state index >= 15 is 0 Å². The molecule has 0 spiro atoms. The highest BCUT2D eigenvalue weighted by molar-refractivity contribution is 6.02. The van der Waals surface area contributed by atoms with Crippen LogP contribution in [0.1, 0.15) is 30.1 Å². The largest absolute Gasteiger partial charge is 0.479 e. The molecule has 0 fully saturated rings. The van der Waals surface area contributed by atoms with Gasteiger partial charge < -0.3 is 19.7 Å². The molecule has 1 amide bonds. The maximum Gasteiger partial charge on any atom is 0.331 e. The van der Waals surface area contributed by atoms with Crippen LogP contribution in [0.25, 0.3) is 0 Å². The average molecular weight is 308 g/mol. The minimum atomic E-state index is -1.22. The van der Waals surface area contributed by atoms with Crippen LogP contribution in [0, 0.1) is 0 Å². The van der Waals surface area contributed by atoms with Gasteiger partial charge >= 0.3 is 5.97 Å². The Balaban J connectivity index is 2.09. The quantitative estimate of drug-likeness (QED) is 0.819. The van der Waals surface area contributed by atoms with Gasteiger partial charge in [-0.15, -0.1) is 0 Å². The second-order valence-electron chi connectivity index (χ2n) is 5.10. The van der Waals surface area contributed by atoms with E-state index in [2.05, 4.69) is 15.6 Å². The van der Waals surface area contributed by atoms with E-state index < -0.39 is 17.4 Å². The van der Waals surface area contributed by atoms with E-state index in [4.69, 9.17) is 14.4 Å². The van der Waals surface area contributed by atoms with Crippen LogP contribution in [0.15, 0.2) is 23.0 Å². The Hall–Kier alpha value is -2.68. The van der Waals surface area contributed by atoms with Gasteiger partial charge in [-0.25, -0.2) is 4.79 Å². The molecule has 0 unspecified atom stereocenters. The molecular formula is C13H16N4O5. The van der Waals surface area contributed by atoms with Crippen LogP contribution in [0.3, 0.4) is 0 Å². The summed E-state index contributed by atoms with van der Waals surface area (Å²) in [6, 6.07) is 1.46. The number of carboxylic acids is 1. The van der Waals surface area contributed by atoms with Crippen molar-refractivity contribution in [2.24, 2.45) is 0 Å². The monoisotopic (exact) mass is 308 g/mol. The van der Waals surface area contributed by atoms with Crippen molar-refractivity contribution in [3.63, 3.8) is 0 Å². The SMILES string of the molecule is COCc1cc(C(=O)Nc2cnn(C(C)(C)C(=O)O)c2)no1. The molecule has 0 atom stereocenters. The molecule has 0 aromatic carbocycles. The van der Waals surface area contributed by atoms with Crippen LogP contribution >= 0.6 is 0 Å². The lowest BCUT2D eigenvalue weighted by molar-refractivity contribution is -0.146. The number of carbonyl (C=O) groups excluding carboxylic acids is 1. The van der Waals surface area contributed by atoms with Crippen LogP contribution in [0.4, 0.5) is 5.69 Å². The summed E-state index contributed by atoms with van der Waals surface area (Å²) in [5.41, 5.74) is -0.768. The molecule has 118 valence electrons. The number of nitrogens with one attached hydrogen (secondary N) is 1. The van der Waals surface area contributed by atoms with E-state index in [0.717, 1.165) is 0 Å². The van der Waals surface area contributed by atoms with E-state index in [1.807, 2.05) is 0 Å². The molecule has 0 aliphatic carbocycles. The van der Waals surface area contributed by atoms with Gasteiger partial charge in [0, 0.05) is 19.4 Å². The number of amides is 1. The Labute approximate surface area is 125 Å². The Morgan fingerprint density at radius 3 is 2.86 bits per heavy atom. The van der Waals surface area contributed by atoms with Gasteiger partial charge in [-0.2, -0.15) is 5.10 Å². The molecule has 0 saturated carbocycles. The van der Waals surface area contributed by atoms with Crippen molar-refractivity contribution in [1.82, 2.24) is 14.9 Å². The summed E-state index contributed by atoms with van der Waals surface area (Å²) in [7, 11) is 1.50. The fourth-order valence-corrected chi connectivity index (χ4v) is 1.62. The standard InChI is InChI=1S/C13H16N4O5/c1-13(2,12(19)20)17-6-8(5-14-17)15-11(18)10-4-9(7-21-3)22-16-10/h4-6H,7H2,1-3H3,(H,15,18)(H,19,20). The van der Waals surface area contributed by atoms with Crippen molar-refractivity contribution < 1.29 is 24.0 Å². The van der Waals surface area contributed by atoms with Gasteiger partial charge in [-0.05, 0) is 13.8 Å². The first kappa shape index (κ1) is 15.7. The molecule has 2 rings (SSSR count). The highest BCUT2D eigenvalue weighted by Gasteiger charge is 2.30. The van der Waals surface area contributed by atoms with Gasteiger partial charge in [-0.3, -0.25) is 9.48 Å². The minimum Gasteiger partial charge on any atom is -0.479 e. The zero-order valence-corrected chi connectivity index (χ0v) is 12.4. The number of rotatable bonds is 6. The van der Waals surface area contributed by atoms with E-state index in [0.29, 0.717) is 11.4 Å². The number of hydrogen-bond acceptors (Lipinski definition) is 6. The van der Waals surface area contributed by atoms with Crippen molar-refractivity contribution in [2.75, 3.05) is 12.4 Å². The molecule has 0 saturated heterocycles. The molecule has 2 heterocycles. The van der Waals surface area contributed by atoms with Crippen LogP contribution < -0.4 is 5.32 Å². The predicted octanol–water partition coefficient (Wildman–Crippen LogP) is 1.09. The number of methoxy groups -OCH3 is 1. The fraction of sp³-hybridized carbons (Fsp3) is 0.385. The number of aromatic nitrogens is 3. The zero-order valence-electron chi connectivity index (χ0n) is 12.4. The van der Waals surface area contributed by atoms with Gasteiger partial charge in [0.1, 0.15) is 6.61 Å². The van der Waals surface area contributed by atoms with Crippen molar-refractivity contribution in [1.29, 1.82) is 0 Å². The molecule has 2 aromatic heterocycles. The molecule has 0 aliphatic rings. The summed E-state index contributed by atoms with van der Waals surface area (Å²) in [6.07, 6.45) is 2.79. The third-order valence-electron chi connectivity index (χ3n) is 3.01. The summed E-state index contributed by atoms with van der Waals surface area (Å²) >= 11 is 0. The second-order valence-corrected chi connectivity index (χ2v) is 5.10. The Morgan fingerprint density at radius 1 is 1.50 bits per heavy atom. The van der Waals surface area contributed by atoms with Crippen molar-refractivity contribution >= 4 is 17.6 Å². The maximum atomic E-state index is 12.0. The van der Waals surface area contributed by atoms with Crippen molar-refractivity contribution in [3.05, 3.63) is 29.9 Å². The molecule has 0 aliphatic heterocycles. The van der Waals surface area contributed by atoms with E-state index in [1.54, 1.807) is 0 Å². The van der Waals surface area contributed by atoms with Gasteiger partial charge in [0.25, 0.3) is 5.91 Å². The minimum absolute atomic E-state index is 0.0947.